The van der Waals surface area contributed by atoms with Crippen molar-refractivity contribution in [2.24, 2.45) is 0 Å². The molecule has 1 aromatic heterocycles. The summed E-state index contributed by atoms with van der Waals surface area (Å²) in [4.78, 5) is 2.27. The smallest absolute Gasteiger partial charge is 0.00824 e. The van der Waals surface area contributed by atoms with Crippen molar-refractivity contribution in [1.82, 2.24) is 10.2 Å². The molecular formula is C14H26N2S. The van der Waals surface area contributed by atoms with Gasteiger partial charge in [0, 0.05) is 6.04 Å². The van der Waals surface area contributed by atoms with Crippen LogP contribution in [-0.2, 0) is 6.42 Å². The van der Waals surface area contributed by atoms with Crippen LogP contribution in [0.2, 0.25) is 0 Å². The lowest BCUT2D eigenvalue weighted by atomic mass is 10.0. The number of rotatable bonds is 9. The maximum atomic E-state index is 3.66. The summed E-state index contributed by atoms with van der Waals surface area (Å²) < 4.78 is 0. The van der Waals surface area contributed by atoms with Crippen LogP contribution < -0.4 is 5.32 Å². The fourth-order valence-electron chi connectivity index (χ4n) is 1.89. The Morgan fingerprint density at radius 1 is 1.35 bits per heavy atom. The first-order valence-corrected chi connectivity index (χ1v) is 7.55. The van der Waals surface area contributed by atoms with Crippen molar-refractivity contribution in [2.75, 3.05) is 27.2 Å². The van der Waals surface area contributed by atoms with Gasteiger partial charge in [-0.25, -0.2) is 0 Å². The lowest BCUT2D eigenvalue weighted by Gasteiger charge is -2.20. The van der Waals surface area contributed by atoms with Crippen LogP contribution in [0.4, 0.5) is 0 Å². The average Bonchev–Trinajstić information content (AvgIpc) is 2.80. The van der Waals surface area contributed by atoms with Crippen LogP contribution in [0.15, 0.2) is 16.8 Å². The normalized spacial score (nSPS) is 13.2. The van der Waals surface area contributed by atoms with Gasteiger partial charge in [0.25, 0.3) is 0 Å². The Labute approximate surface area is 110 Å². The molecule has 0 saturated heterocycles. The Morgan fingerprint density at radius 3 is 2.76 bits per heavy atom. The van der Waals surface area contributed by atoms with E-state index in [1.54, 1.807) is 11.3 Å². The Kier molecular flexibility index (Phi) is 7.49. The van der Waals surface area contributed by atoms with E-state index in [1.807, 2.05) is 0 Å². The molecule has 0 saturated carbocycles. The maximum absolute atomic E-state index is 3.66. The molecule has 0 spiro atoms. The van der Waals surface area contributed by atoms with Crippen molar-refractivity contribution in [3.63, 3.8) is 0 Å². The molecule has 1 N–H and O–H groups in total. The molecule has 0 amide bonds. The van der Waals surface area contributed by atoms with E-state index in [-0.39, 0.29) is 0 Å². The van der Waals surface area contributed by atoms with Crippen LogP contribution >= 0.6 is 11.3 Å². The minimum Gasteiger partial charge on any atom is -0.314 e. The highest BCUT2D eigenvalue weighted by Gasteiger charge is 2.08. The monoisotopic (exact) mass is 254 g/mol. The quantitative estimate of drug-likeness (QED) is 0.729. The zero-order valence-electron chi connectivity index (χ0n) is 11.4. The van der Waals surface area contributed by atoms with E-state index >= 15 is 0 Å². The lowest BCUT2D eigenvalue weighted by Crippen LogP contribution is -2.33. The highest BCUT2D eigenvalue weighted by atomic mass is 32.1. The Bertz CT molecular complexity index is 270. The predicted octanol–water partition coefficient (Wildman–Crippen LogP) is 3.00. The summed E-state index contributed by atoms with van der Waals surface area (Å²) in [6.45, 7) is 4.54. The van der Waals surface area contributed by atoms with Gasteiger partial charge in [0.1, 0.15) is 0 Å². The van der Waals surface area contributed by atoms with E-state index in [0.29, 0.717) is 6.04 Å². The van der Waals surface area contributed by atoms with Crippen LogP contribution in [0.3, 0.4) is 0 Å². The van der Waals surface area contributed by atoms with E-state index in [9.17, 15) is 0 Å². The third-order valence-corrected chi connectivity index (χ3v) is 3.70. The van der Waals surface area contributed by atoms with Gasteiger partial charge < -0.3 is 10.2 Å². The van der Waals surface area contributed by atoms with Crippen molar-refractivity contribution in [3.8, 4) is 0 Å². The van der Waals surface area contributed by atoms with Gasteiger partial charge >= 0.3 is 0 Å². The number of nitrogens with one attached hydrogen (secondary N) is 1. The second-order valence-electron chi connectivity index (χ2n) is 4.91. The van der Waals surface area contributed by atoms with Gasteiger partial charge in [-0.1, -0.05) is 6.92 Å². The van der Waals surface area contributed by atoms with Gasteiger partial charge in [0.15, 0.2) is 0 Å². The summed E-state index contributed by atoms with van der Waals surface area (Å²) >= 11 is 1.80. The molecule has 0 fully saturated rings. The fourth-order valence-corrected chi connectivity index (χ4v) is 2.59. The van der Waals surface area contributed by atoms with E-state index in [0.717, 1.165) is 6.54 Å². The molecule has 0 aliphatic carbocycles. The zero-order valence-corrected chi connectivity index (χ0v) is 12.2. The Hall–Kier alpha value is -0.380. The first kappa shape index (κ1) is 14.7. The Balaban J connectivity index is 2.28. The van der Waals surface area contributed by atoms with Crippen molar-refractivity contribution < 1.29 is 0 Å². The molecule has 0 aliphatic heterocycles. The van der Waals surface area contributed by atoms with Crippen molar-refractivity contribution in [2.45, 2.75) is 38.6 Å². The fraction of sp³-hybridized carbons (Fsp3) is 0.714. The Morgan fingerprint density at radius 2 is 2.18 bits per heavy atom. The summed E-state index contributed by atoms with van der Waals surface area (Å²) in [5.41, 5.74) is 1.49. The van der Waals surface area contributed by atoms with Gasteiger partial charge in [-0.05, 0) is 75.3 Å². The molecular weight excluding hydrogens is 228 g/mol. The van der Waals surface area contributed by atoms with Gasteiger partial charge in [-0.15, -0.1) is 0 Å². The summed E-state index contributed by atoms with van der Waals surface area (Å²) in [7, 11) is 4.30. The molecule has 2 nitrogen and oxygen atoms in total. The average molecular weight is 254 g/mol. The zero-order chi connectivity index (χ0) is 12.5. The number of hydrogen-bond donors (Lipinski definition) is 1. The van der Waals surface area contributed by atoms with Crippen LogP contribution in [-0.4, -0.2) is 38.1 Å². The highest BCUT2D eigenvalue weighted by molar-refractivity contribution is 7.07. The van der Waals surface area contributed by atoms with Crippen molar-refractivity contribution in [3.05, 3.63) is 22.4 Å². The van der Waals surface area contributed by atoms with Gasteiger partial charge in [-0.3, -0.25) is 0 Å². The van der Waals surface area contributed by atoms with Gasteiger partial charge in [-0.2, -0.15) is 11.3 Å². The van der Waals surface area contributed by atoms with E-state index in [2.05, 4.69) is 48.1 Å². The first-order valence-electron chi connectivity index (χ1n) is 6.61. The molecule has 17 heavy (non-hydrogen) atoms. The third-order valence-electron chi connectivity index (χ3n) is 2.97. The molecule has 0 aromatic carbocycles. The number of nitrogens with zero attached hydrogens (tertiary/aromatic N) is 1. The molecule has 0 radical (unpaired) electrons. The maximum Gasteiger partial charge on any atom is 0.00824 e. The topological polar surface area (TPSA) is 15.3 Å². The molecule has 1 unspecified atom stereocenters. The largest absolute Gasteiger partial charge is 0.314 e. The minimum absolute atomic E-state index is 0.664. The van der Waals surface area contributed by atoms with Crippen molar-refractivity contribution in [1.29, 1.82) is 0 Å². The molecule has 0 aliphatic rings. The number of thiophene rings is 1. The number of hydrogen-bond acceptors (Lipinski definition) is 3. The summed E-state index contributed by atoms with van der Waals surface area (Å²) in [6.07, 6.45) is 4.93. The predicted molar refractivity (Wildman–Crippen MR) is 77.9 cm³/mol. The van der Waals surface area contributed by atoms with Crippen LogP contribution in [0, 0.1) is 0 Å². The second-order valence-corrected chi connectivity index (χ2v) is 5.69. The molecule has 0 bridgehead atoms. The summed E-state index contributed by atoms with van der Waals surface area (Å²) in [6, 6.07) is 2.91. The van der Waals surface area contributed by atoms with Crippen LogP contribution in [0.5, 0.6) is 0 Å². The van der Waals surface area contributed by atoms with E-state index in [1.165, 1.54) is 37.8 Å². The van der Waals surface area contributed by atoms with Gasteiger partial charge in [0.05, 0.1) is 0 Å². The molecule has 1 aromatic rings. The number of aryl methyl sites for hydroxylation is 1. The second kappa shape index (κ2) is 8.67. The summed E-state index contributed by atoms with van der Waals surface area (Å²) in [5.74, 6) is 0. The first-order chi connectivity index (χ1) is 8.22. The molecule has 1 heterocycles. The third kappa shape index (κ3) is 6.81. The minimum atomic E-state index is 0.664. The standard InChI is InChI=1S/C14H26N2S/c1-4-9-15-14(7-10-16(2)3)6-5-13-8-11-17-12-13/h8,11-12,14-15H,4-7,9-10H2,1-3H3. The molecule has 98 valence electrons. The lowest BCUT2D eigenvalue weighted by molar-refractivity contribution is 0.349. The molecule has 1 atom stereocenters. The molecule has 1 rings (SSSR count). The van der Waals surface area contributed by atoms with Crippen LogP contribution in [0.25, 0.3) is 0 Å². The SMILES string of the molecule is CCCNC(CCc1ccsc1)CCN(C)C. The van der Waals surface area contributed by atoms with Crippen molar-refractivity contribution >= 4 is 11.3 Å². The molecule has 3 heteroatoms. The van der Waals surface area contributed by atoms with E-state index < -0.39 is 0 Å². The summed E-state index contributed by atoms with van der Waals surface area (Å²) in [5, 5.41) is 8.10. The van der Waals surface area contributed by atoms with Gasteiger partial charge in [0.2, 0.25) is 0 Å². The van der Waals surface area contributed by atoms with Crippen LogP contribution in [0.1, 0.15) is 31.7 Å². The highest BCUT2D eigenvalue weighted by Crippen LogP contribution is 2.11. The van der Waals surface area contributed by atoms with E-state index in [4.69, 9.17) is 0 Å².